The van der Waals surface area contributed by atoms with Crippen molar-refractivity contribution in [3.8, 4) is 0 Å². The van der Waals surface area contributed by atoms with Crippen LogP contribution >= 0.6 is 0 Å². The predicted molar refractivity (Wildman–Crippen MR) is 35.7 cm³/mol. The molecule has 0 atom stereocenters. The molecule has 1 rings (SSSR count). The summed E-state index contributed by atoms with van der Waals surface area (Å²) >= 11 is 0. The summed E-state index contributed by atoms with van der Waals surface area (Å²) < 4.78 is 84.8. The fourth-order valence-corrected chi connectivity index (χ4v) is 1.12. The standard InChI is InChI=1S/C7H4F7N/c8-5(9)2-1-15-4(6(10)11)3(2)7(12,13)14/h1,5-6,15H. The molecule has 0 spiro atoms. The van der Waals surface area contributed by atoms with E-state index >= 15 is 0 Å². The molecule has 1 heterocycles. The Balaban J connectivity index is 3.34. The second kappa shape index (κ2) is 3.74. The van der Waals surface area contributed by atoms with Crippen molar-refractivity contribution >= 4 is 0 Å². The van der Waals surface area contributed by atoms with Gasteiger partial charge in [0.05, 0.1) is 11.3 Å². The minimum atomic E-state index is -5.22. The molecule has 0 fully saturated rings. The molecule has 0 unspecified atom stereocenters. The van der Waals surface area contributed by atoms with Gasteiger partial charge < -0.3 is 4.98 Å². The first-order valence-electron chi connectivity index (χ1n) is 3.59. The number of rotatable bonds is 2. The molecule has 0 aliphatic carbocycles. The van der Waals surface area contributed by atoms with Crippen LogP contribution in [0.25, 0.3) is 0 Å². The Morgan fingerprint density at radius 3 is 1.87 bits per heavy atom. The van der Waals surface area contributed by atoms with E-state index in [1.807, 2.05) is 0 Å². The summed E-state index contributed by atoms with van der Waals surface area (Å²) in [6.07, 6.45) is -11.9. The average Bonchev–Trinajstić information content (AvgIpc) is 2.45. The van der Waals surface area contributed by atoms with Crippen molar-refractivity contribution in [2.45, 2.75) is 19.0 Å². The lowest BCUT2D eigenvalue weighted by atomic mass is 10.1. The quantitative estimate of drug-likeness (QED) is 0.748. The van der Waals surface area contributed by atoms with E-state index in [2.05, 4.69) is 0 Å². The van der Waals surface area contributed by atoms with Gasteiger partial charge in [-0.15, -0.1) is 0 Å². The van der Waals surface area contributed by atoms with Gasteiger partial charge in [-0.25, -0.2) is 17.6 Å². The van der Waals surface area contributed by atoms with Crippen LogP contribution in [-0.2, 0) is 6.18 Å². The maximum Gasteiger partial charge on any atom is 0.418 e. The van der Waals surface area contributed by atoms with Gasteiger partial charge in [-0.2, -0.15) is 13.2 Å². The molecule has 0 bridgehead atoms. The Morgan fingerprint density at radius 2 is 1.53 bits per heavy atom. The molecule has 0 saturated carbocycles. The summed E-state index contributed by atoms with van der Waals surface area (Å²) in [5.74, 6) is 0. The lowest BCUT2D eigenvalue weighted by molar-refractivity contribution is -0.141. The lowest BCUT2D eigenvalue weighted by Gasteiger charge is -2.10. The van der Waals surface area contributed by atoms with E-state index in [0.717, 1.165) is 0 Å². The maximum absolute atomic E-state index is 12.2. The van der Waals surface area contributed by atoms with Crippen LogP contribution in [0.5, 0.6) is 0 Å². The van der Waals surface area contributed by atoms with E-state index in [-0.39, 0.29) is 6.20 Å². The van der Waals surface area contributed by atoms with E-state index in [0.29, 0.717) is 0 Å². The van der Waals surface area contributed by atoms with Gasteiger partial charge in [0.25, 0.3) is 12.9 Å². The number of H-pyrrole nitrogens is 1. The van der Waals surface area contributed by atoms with Crippen molar-refractivity contribution in [2.24, 2.45) is 0 Å². The van der Waals surface area contributed by atoms with Crippen LogP contribution in [0, 0.1) is 0 Å². The highest BCUT2D eigenvalue weighted by molar-refractivity contribution is 5.35. The van der Waals surface area contributed by atoms with E-state index in [1.54, 1.807) is 0 Å². The van der Waals surface area contributed by atoms with Crippen molar-refractivity contribution in [3.05, 3.63) is 23.0 Å². The van der Waals surface area contributed by atoms with Gasteiger partial charge in [0.15, 0.2) is 0 Å². The zero-order valence-corrected chi connectivity index (χ0v) is 6.88. The normalized spacial score (nSPS) is 12.9. The van der Waals surface area contributed by atoms with Gasteiger partial charge in [-0.1, -0.05) is 0 Å². The highest BCUT2D eigenvalue weighted by atomic mass is 19.4. The number of aromatic nitrogens is 1. The second-order valence-corrected chi connectivity index (χ2v) is 2.63. The molecule has 86 valence electrons. The maximum atomic E-state index is 12.2. The number of hydrogen-bond donors (Lipinski definition) is 1. The number of nitrogens with one attached hydrogen (secondary N) is 1. The zero-order valence-electron chi connectivity index (χ0n) is 6.88. The van der Waals surface area contributed by atoms with Crippen molar-refractivity contribution in [1.82, 2.24) is 4.98 Å². The molecule has 0 radical (unpaired) electrons. The highest BCUT2D eigenvalue weighted by Crippen LogP contribution is 2.41. The van der Waals surface area contributed by atoms with E-state index in [4.69, 9.17) is 0 Å². The van der Waals surface area contributed by atoms with Gasteiger partial charge in [-0.05, 0) is 0 Å². The van der Waals surface area contributed by atoms with Crippen molar-refractivity contribution in [1.29, 1.82) is 0 Å². The van der Waals surface area contributed by atoms with Gasteiger partial charge in [-0.3, -0.25) is 0 Å². The summed E-state index contributed by atoms with van der Waals surface area (Å²) in [5, 5.41) is 0. The molecular weight excluding hydrogens is 231 g/mol. The van der Waals surface area contributed by atoms with Crippen LogP contribution in [0.15, 0.2) is 6.20 Å². The number of halogens is 7. The monoisotopic (exact) mass is 235 g/mol. The van der Waals surface area contributed by atoms with Gasteiger partial charge >= 0.3 is 6.18 Å². The summed E-state index contributed by atoms with van der Waals surface area (Å²) in [6, 6.07) is 0. The van der Waals surface area contributed by atoms with Crippen LogP contribution < -0.4 is 0 Å². The molecule has 0 aliphatic heterocycles. The highest BCUT2D eigenvalue weighted by Gasteiger charge is 2.41. The third kappa shape index (κ3) is 2.24. The molecular formula is C7H4F7N. The molecule has 8 heteroatoms. The van der Waals surface area contributed by atoms with Crippen molar-refractivity contribution in [2.75, 3.05) is 0 Å². The zero-order chi connectivity index (χ0) is 11.8. The predicted octanol–water partition coefficient (Wildman–Crippen LogP) is 3.91. The number of aromatic amines is 1. The Morgan fingerprint density at radius 1 is 1.00 bits per heavy atom. The molecule has 0 aromatic carbocycles. The summed E-state index contributed by atoms with van der Waals surface area (Å²) in [6.45, 7) is 0. The molecule has 1 nitrogen and oxygen atoms in total. The second-order valence-electron chi connectivity index (χ2n) is 2.63. The third-order valence-corrected chi connectivity index (χ3v) is 1.68. The van der Waals surface area contributed by atoms with E-state index < -0.39 is 35.8 Å². The Labute approximate surface area is 78.9 Å². The van der Waals surface area contributed by atoms with E-state index in [9.17, 15) is 30.7 Å². The minimum Gasteiger partial charge on any atom is -0.359 e. The number of hydrogen-bond acceptors (Lipinski definition) is 0. The van der Waals surface area contributed by atoms with Crippen LogP contribution in [0.4, 0.5) is 30.7 Å². The van der Waals surface area contributed by atoms with Gasteiger partial charge in [0, 0.05) is 11.8 Å². The lowest BCUT2D eigenvalue weighted by Crippen LogP contribution is -2.10. The smallest absolute Gasteiger partial charge is 0.359 e. The third-order valence-electron chi connectivity index (χ3n) is 1.68. The summed E-state index contributed by atoms with van der Waals surface area (Å²) in [4.78, 5) is 1.51. The largest absolute Gasteiger partial charge is 0.418 e. The Kier molecular flexibility index (Phi) is 2.96. The molecule has 1 N–H and O–H groups in total. The minimum absolute atomic E-state index is 0.245. The molecule has 0 saturated heterocycles. The van der Waals surface area contributed by atoms with Crippen molar-refractivity contribution in [3.63, 3.8) is 0 Å². The fraction of sp³-hybridized carbons (Fsp3) is 0.429. The first-order valence-corrected chi connectivity index (χ1v) is 3.59. The number of alkyl halides is 7. The topological polar surface area (TPSA) is 15.8 Å². The summed E-state index contributed by atoms with van der Waals surface area (Å²) in [7, 11) is 0. The SMILES string of the molecule is FC(F)c1c[nH]c(C(F)F)c1C(F)(F)F. The Bertz CT molecular complexity index is 312. The molecule has 0 aliphatic rings. The molecule has 15 heavy (non-hydrogen) atoms. The first-order chi connectivity index (χ1) is 6.75. The molecule has 1 aromatic rings. The fourth-order valence-electron chi connectivity index (χ4n) is 1.12. The van der Waals surface area contributed by atoms with Gasteiger partial charge in [0.1, 0.15) is 0 Å². The Hall–Kier alpha value is -1.21. The first kappa shape index (κ1) is 11.9. The average molecular weight is 235 g/mol. The van der Waals surface area contributed by atoms with Crippen molar-refractivity contribution < 1.29 is 30.7 Å². The van der Waals surface area contributed by atoms with Crippen LogP contribution in [0.3, 0.4) is 0 Å². The molecule has 0 amide bonds. The van der Waals surface area contributed by atoms with Crippen LogP contribution in [-0.4, -0.2) is 4.98 Å². The van der Waals surface area contributed by atoms with Gasteiger partial charge in [0.2, 0.25) is 0 Å². The van der Waals surface area contributed by atoms with Crippen LogP contribution in [0.2, 0.25) is 0 Å². The summed E-state index contributed by atoms with van der Waals surface area (Å²) in [5.41, 5.74) is -4.97. The molecule has 1 aromatic heterocycles. The van der Waals surface area contributed by atoms with E-state index in [1.165, 1.54) is 4.98 Å². The van der Waals surface area contributed by atoms with Crippen LogP contribution in [0.1, 0.15) is 29.7 Å².